The Kier molecular flexibility index (Phi) is 4.39. The van der Waals surface area contributed by atoms with Crippen molar-refractivity contribution in [1.29, 1.82) is 0 Å². The summed E-state index contributed by atoms with van der Waals surface area (Å²) in [5.74, 6) is -0.0554. The van der Waals surface area contributed by atoms with Crippen molar-refractivity contribution in [3.05, 3.63) is 39.8 Å². The summed E-state index contributed by atoms with van der Waals surface area (Å²) >= 11 is 1.66. The third-order valence-electron chi connectivity index (χ3n) is 3.00. The highest BCUT2D eigenvalue weighted by Gasteiger charge is 2.09. The molecular weight excluding hydrogens is 270 g/mol. The van der Waals surface area contributed by atoms with Crippen LogP contribution in [0.25, 0.3) is 0 Å². The third-order valence-corrected chi connectivity index (χ3v) is 3.79. The quantitative estimate of drug-likeness (QED) is 0.897. The minimum atomic E-state index is -0.0554. The van der Waals surface area contributed by atoms with E-state index in [2.05, 4.69) is 27.9 Å². The van der Waals surface area contributed by atoms with Crippen molar-refractivity contribution in [2.45, 2.75) is 33.7 Å². The number of amides is 1. The van der Waals surface area contributed by atoms with Crippen LogP contribution in [0.5, 0.6) is 0 Å². The van der Waals surface area contributed by atoms with Crippen LogP contribution in [0, 0.1) is 13.8 Å². The lowest BCUT2D eigenvalue weighted by molar-refractivity contribution is -0.114. The van der Waals surface area contributed by atoms with E-state index in [-0.39, 0.29) is 11.9 Å². The lowest BCUT2D eigenvalue weighted by atomic mass is 10.1. The van der Waals surface area contributed by atoms with Gasteiger partial charge in [0, 0.05) is 23.7 Å². The summed E-state index contributed by atoms with van der Waals surface area (Å²) in [6.07, 6.45) is 0. The number of anilines is 2. The molecule has 0 saturated heterocycles. The standard InChI is InChI=1S/C15H19N3OS/c1-9-7-13(5-6-14(9)17-11(3)19)16-10(2)15-8-20-12(4)18-15/h5-8,10,16H,1-4H3,(H,17,19). The maximum Gasteiger partial charge on any atom is 0.221 e. The van der Waals surface area contributed by atoms with Crippen LogP contribution in [0.1, 0.15) is 36.2 Å². The molecule has 0 bridgehead atoms. The molecule has 0 aliphatic carbocycles. The highest BCUT2D eigenvalue weighted by atomic mass is 32.1. The van der Waals surface area contributed by atoms with Gasteiger partial charge in [0.2, 0.25) is 5.91 Å². The van der Waals surface area contributed by atoms with Crippen LogP contribution in [-0.2, 0) is 4.79 Å². The number of hydrogen-bond acceptors (Lipinski definition) is 4. The number of thiazole rings is 1. The van der Waals surface area contributed by atoms with Gasteiger partial charge in [0.05, 0.1) is 16.7 Å². The molecule has 2 aromatic rings. The Bertz CT molecular complexity index is 621. The Morgan fingerprint density at radius 2 is 2.10 bits per heavy atom. The van der Waals surface area contributed by atoms with Crippen molar-refractivity contribution in [2.24, 2.45) is 0 Å². The fraction of sp³-hybridized carbons (Fsp3) is 0.333. The predicted molar refractivity (Wildman–Crippen MR) is 84.4 cm³/mol. The molecule has 4 nitrogen and oxygen atoms in total. The van der Waals surface area contributed by atoms with Gasteiger partial charge in [-0.2, -0.15) is 0 Å². The van der Waals surface area contributed by atoms with Gasteiger partial charge in [0.15, 0.2) is 0 Å². The summed E-state index contributed by atoms with van der Waals surface area (Å²) in [5, 5.41) is 9.39. The molecule has 106 valence electrons. The zero-order chi connectivity index (χ0) is 14.7. The molecule has 2 N–H and O–H groups in total. The van der Waals surface area contributed by atoms with Crippen LogP contribution in [-0.4, -0.2) is 10.9 Å². The number of hydrogen-bond donors (Lipinski definition) is 2. The average molecular weight is 289 g/mol. The van der Waals surface area contributed by atoms with Crippen molar-refractivity contribution in [3.63, 3.8) is 0 Å². The molecule has 1 atom stereocenters. The second kappa shape index (κ2) is 6.05. The van der Waals surface area contributed by atoms with Gasteiger partial charge in [-0.3, -0.25) is 4.79 Å². The lowest BCUT2D eigenvalue weighted by Gasteiger charge is -2.15. The van der Waals surface area contributed by atoms with Crippen molar-refractivity contribution in [2.75, 3.05) is 10.6 Å². The van der Waals surface area contributed by atoms with Crippen molar-refractivity contribution < 1.29 is 4.79 Å². The highest BCUT2D eigenvalue weighted by molar-refractivity contribution is 7.09. The number of nitrogens with zero attached hydrogens (tertiary/aromatic N) is 1. The first-order valence-electron chi connectivity index (χ1n) is 6.52. The van der Waals surface area contributed by atoms with E-state index in [0.717, 1.165) is 27.6 Å². The number of carbonyl (C=O) groups excluding carboxylic acids is 1. The topological polar surface area (TPSA) is 54.0 Å². The van der Waals surface area contributed by atoms with Crippen LogP contribution >= 0.6 is 11.3 Å². The Balaban J connectivity index is 2.10. The number of nitrogens with one attached hydrogen (secondary N) is 2. The SMILES string of the molecule is CC(=O)Nc1ccc(NC(C)c2csc(C)n2)cc1C. The molecule has 2 rings (SSSR count). The largest absolute Gasteiger partial charge is 0.377 e. The molecular formula is C15H19N3OS. The summed E-state index contributed by atoms with van der Waals surface area (Å²) in [7, 11) is 0. The fourth-order valence-corrected chi connectivity index (χ4v) is 2.69. The van der Waals surface area contributed by atoms with Crippen LogP contribution in [0.2, 0.25) is 0 Å². The van der Waals surface area contributed by atoms with Crippen LogP contribution in [0.3, 0.4) is 0 Å². The minimum Gasteiger partial charge on any atom is -0.377 e. The highest BCUT2D eigenvalue weighted by Crippen LogP contribution is 2.24. The van der Waals surface area contributed by atoms with Crippen LogP contribution < -0.4 is 10.6 Å². The Labute approximate surface area is 123 Å². The van der Waals surface area contributed by atoms with Crippen molar-refractivity contribution in [3.8, 4) is 0 Å². The predicted octanol–water partition coefficient (Wildman–Crippen LogP) is 3.89. The summed E-state index contributed by atoms with van der Waals surface area (Å²) in [5.41, 5.74) is 3.96. The van der Waals surface area contributed by atoms with E-state index in [9.17, 15) is 4.79 Å². The van der Waals surface area contributed by atoms with E-state index >= 15 is 0 Å². The first kappa shape index (κ1) is 14.5. The molecule has 0 radical (unpaired) electrons. The van der Waals surface area contributed by atoms with Gasteiger partial charge in [0.1, 0.15) is 0 Å². The number of rotatable bonds is 4. The zero-order valence-corrected chi connectivity index (χ0v) is 13.0. The summed E-state index contributed by atoms with van der Waals surface area (Å²) in [6, 6.07) is 6.07. The van der Waals surface area contributed by atoms with Gasteiger partial charge in [-0.05, 0) is 44.5 Å². The maximum atomic E-state index is 11.1. The summed E-state index contributed by atoms with van der Waals surface area (Å²) in [6.45, 7) is 7.59. The molecule has 0 fully saturated rings. The monoisotopic (exact) mass is 289 g/mol. The summed E-state index contributed by atoms with van der Waals surface area (Å²) < 4.78 is 0. The molecule has 5 heteroatoms. The van der Waals surface area contributed by atoms with Crippen molar-refractivity contribution in [1.82, 2.24) is 4.98 Å². The van der Waals surface area contributed by atoms with E-state index in [1.165, 1.54) is 6.92 Å². The van der Waals surface area contributed by atoms with E-state index in [1.807, 2.05) is 32.0 Å². The molecule has 0 saturated carbocycles. The normalized spacial score (nSPS) is 12.0. The lowest BCUT2D eigenvalue weighted by Crippen LogP contribution is -2.09. The van der Waals surface area contributed by atoms with Crippen LogP contribution in [0.4, 0.5) is 11.4 Å². The molecule has 1 unspecified atom stereocenters. The molecule has 0 aliphatic rings. The van der Waals surface area contributed by atoms with E-state index in [1.54, 1.807) is 11.3 Å². The van der Waals surface area contributed by atoms with E-state index in [0.29, 0.717) is 0 Å². The Hall–Kier alpha value is -1.88. The molecule has 1 aromatic heterocycles. The second-order valence-electron chi connectivity index (χ2n) is 4.87. The van der Waals surface area contributed by atoms with Crippen LogP contribution in [0.15, 0.2) is 23.6 Å². The number of aryl methyl sites for hydroxylation is 2. The minimum absolute atomic E-state index is 0.0554. The number of carbonyl (C=O) groups is 1. The van der Waals surface area contributed by atoms with E-state index in [4.69, 9.17) is 0 Å². The van der Waals surface area contributed by atoms with Gasteiger partial charge in [-0.15, -0.1) is 11.3 Å². The first-order chi connectivity index (χ1) is 9.45. The number of benzene rings is 1. The van der Waals surface area contributed by atoms with Gasteiger partial charge in [-0.25, -0.2) is 4.98 Å². The third kappa shape index (κ3) is 3.57. The fourth-order valence-electron chi connectivity index (χ4n) is 1.99. The second-order valence-corrected chi connectivity index (χ2v) is 5.93. The molecule has 0 spiro atoms. The van der Waals surface area contributed by atoms with Gasteiger partial charge >= 0.3 is 0 Å². The molecule has 1 heterocycles. The zero-order valence-electron chi connectivity index (χ0n) is 12.2. The molecule has 20 heavy (non-hydrogen) atoms. The molecule has 0 aliphatic heterocycles. The number of aromatic nitrogens is 1. The van der Waals surface area contributed by atoms with Gasteiger partial charge in [-0.1, -0.05) is 0 Å². The Morgan fingerprint density at radius 1 is 1.35 bits per heavy atom. The molecule has 1 aromatic carbocycles. The first-order valence-corrected chi connectivity index (χ1v) is 7.40. The smallest absolute Gasteiger partial charge is 0.221 e. The average Bonchev–Trinajstić information content (AvgIpc) is 2.79. The van der Waals surface area contributed by atoms with Crippen molar-refractivity contribution >= 4 is 28.6 Å². The summed E-state index contributed by atoms with van der Waals surface area (Å²) in [4.78, 5) is 15.6. The molecule has 1 amide bonds. The van der Waals surface area contributed by atoms with Gasteiger partial charge in [0.25, 0.3) is 0 Å². The van der Waals surface area contributed by atoms with E-state index < -0.39 is 0 Å². The Morgan fingerprint density at radius 3 is 2.65 bits per heavy atom. The maximum absolute atomic E-state index is 11.1. The van der Waals surface area contributed by atoms with Gasteiger partial charge < -0.3 is 10.6 Å².